The zero-order valence-electron chi connectivity index (χ0n) is 9.01. The third kappa shape index (κ3) is 3.69. The number of rotatable bonds is 6. The zero-order valence-corrected chi connectivity index (χ0v) is 9.01. The molecule has 0 saturated carbocycles. The van der Waals surface area contributed by atoms with Crippen molar-refractivity contribution >= 4 is 11.9 Å². The van der Waals surface area contributed by atoms with Gasteiger partial charge in [-0.15, -0.1) is 6.42 Å². The number of carbonyl (C=O) groups is 2. The van der Waals surface area contributed by atoms with Gasteiger partial charge in [0.25, 0.3) is 0 Å². The van der Waals surface area contributed by atoms with Gasteiger partial charge in [-0.3, -0.25) is 9.59 Å². The van der Waals surface area contributed by atoms with Gasteiger partial charge >= 0.3 is 5.97 Å². The van der Waals surface area contributed by atoms with Crippen LogP contribution in [0, 0.1) is 12.3 Å². The van der Waals surface area contributed by atoms with Crippen molar-refractivity contribution in [2.24, 2.45) is 10.2 Å². The Labute approximate surface area is 93.3 Å². The molecule has 0 aromatic carbocycles. The Morgan fingerprint density at radius 1 is 1.50 bits per heavy atom. The summed E-state index contributed by atoms with van der Waals surface area (Å²) in [5.74, 6) is 0.909. The lowest BCUT2D eigenvalue weighted by molar-refractivity contribution is -0.144. The molecule has 86 valence electrons. The molecule has 0 aliphatic carbocycles. The molecule has 1 aliphatic rings. The highest BCUT2D eigenvalue weighted by Crippen LogP contribution is 2.32. The molecule has 6 heteroatoms. The van der Waals surface area contributed by atoms with E-state index in [0.29, 0.717) is 6.42 Å². The summed E-state index contributed by atoms with van der Waals surface area (Å²) < 4.78 is 0. The number of carboxylic acid groups (broad SMARTS) is 1. The predicted molar refractivity (Wildman–Crippen MR) is 55.5 cm³/mol. The van der Waals surface area contributed by atoms with Gasteiger partial charge in [-0.05, 0) is 6.92 Å². The first-order valence-corrected chi connectivity index (χ1v) is 4.84. The number of carboxylic acids is 1. The Bertz CT molecular complexity index is 364. The summed E-state index contributed by atoms with van der Waals surface area (Å²) in [6.45, 7) is 1.45. The molecule has 0 unspecified atom stereocenters. The van der Waals surface area contributed by atoms with Crippen LogP contribution in [0.25, 0.3) is 0 Å². The Morgan fingerprint density at radius 2 is 2.12 bits per heavy atom. The lowest BCUT2D eigenvalue weighted by Gasteiger charge is -2.18. The van der Waals surface area contributed by atoms with Crippen molar-refractivity contribution in [3.05, 3.63) is 0 Å². The molecular weight excluding hydrogens is 210 g/mol. The minimum Gasteiger partial charge on any atom is -0.480 e. The molecular formula is C10H13N3O3. The molecule has 0 spiro atoms. The monoisotopic (exact) mass is 223 g/mol. The van der Waals surface area contributed by atoms with Crippen LogP contribution in [-0.4, -0.2) is 40.6 Å². The quantitative estimate of drug-likeness (QED) is 0.665. The van der Waals surface area contributed by atoms with E-state index in [0.717, 1.165) is 4.90 Å². The largest absolute Gasteiger partial charge is 0.480 e. The van der Waals surface area contributed by atoms with Crippen LogP contribution in [0.5, 0.6) is 0 Å². The molecule has 1 aliphatic heterocycles. The number of hydrogen-bond acceptors (Lipinski definition) is 4. The van der Waals surface area contributed by atoms with Crippen LogP contribution < -0.4 is 0 Å². The second-order valence-electron chi connectivity index (χ2n) is 3.76. The van der Waals surface area contributed by atoms with Gasteiger partial charge in [0, 0.05) is 12.8 Å². The van der Waals surface area contributed by atoms with Crippen molar-refractivity contribution in [3.63, 3.8) is 0 Å². The van der Waals surface area contributed by atoms with Gasteiger partial charge < -0.3 is 10.0 Å². The second kappa shape index (κ2) is 4.75. The first-order chi connectivity index (χ1) is 7.47. The number of carbonyl (C=O) groups excluding carboxylic acids is 1. The molecule has 0 atom stereocenters. The summed E-state index contributed by atoms with van der Waals surface area (Å²) in [5, 5.41) is 16.1. The van der Waals surface area contributed by atoms with Gasteiger partial charge in [-0.25, -0.2) is 0 Å². The van der Waals surface area contributed by atoms with Crippen LogP contribution in [0.15, 0.2) is 10.2 Å². The number of amides is 1. The minimum absolute atomic E-state index is 0.0101. The highest BCUT2D eigenvalue weighted by atomic mass is 16.4. The SMILES string of the molecule is C#CCN(CC(=O)O)C(=O)CCC1(C)N=N1. The fourth-order valence-corrected chi connectivity index (χ4v) is 1.19. The van der Waals surface area contributed by atoms with E-state index in [1.54, 1.807) is 0 Å². The lowest BCUT2D eigenvalue weighted by Crippen LogP contribution is -2.36. The normalized spacial score (nSPS) is 15.2. The summed E-state index contributed by atoms with van der Waals surface area (Å²) in [5.41, 5.74) is -0.444. The number of nitrogens with zero attached hydrogens (tertiary/aromatic N) is 3. The maximum atomic E-state index is 11.6. The fraction of sp³-hybridized carbons (Fsp3) is 0.600. The van der Waals surface area contributed by atoms with Gasteiger partial charge in [-0.1, -0.05) is 5.92 Å². The van der Waals surface area contributed by atoms with Crippen LogP contribution in [0.2, 0.25) is 0 Å². The fourth-order valence-electron chi connectivity index (χ4n) is 1.19. The van der Waals surface area contributed by atoms with Gasteiger partial charge in [0.1, 0.15) is 6.54 Å². The van der Waals surface area contributed by atoms with E-state index < -0.39 is 11.6 Å². The number of hydrogen-bond donors (Lipinski definition) is 1. The standard InChI is InChI=1S/C10H13N3O3/c1-3-6-13(7-9(15)16)8(14)4-5-10(2)11-12-10/h1H,4-7H2,2H3,(H,15,16). The molecule has 0 saturated heterocycles. The summed E-state index contributed by atoms with van der Waals surface area (Å²) in [6.07, 6.45) is 5.76. The minimum atomic E-state index is -1.07. The van der Waals surface area contributed by atoms with E-state index in [4.69, 9.17) is 11.5 Å². The van der Waals surface area contributed by atoms with Crippen LogP contribution in [0.3, 0.4) is 0 Å². The number of terminal acetylenes is 1. The smallest absolute Gasteiger partial charge is 0.323 e. The molecule has 0 radical (unpaired) electrons. The van der Waals surface area contributed by atoms with Gasteiger partial charge in [0.15, 0.2) is 5.66 Å². The van der Waals surface area contributed by atoms with Gasteiger partial charge in [0.05, 0.1) is 6.54 Å². The highest BCUT2D eigenvalue weighted by molar-refractivity contribution is 5.81. The maximum absolute atomic E-state index is 11.6. The third-order valence-corrected chi connectivity index (χ3v) is 2.21. The molecule has 0 fully saturated rings. The van der Waals surface area contributed by atoms with E-state index in [-0.39, 0.29) is 25.4 Å². The molecule has 1 N–H and O–H groups in total. The Hall–Kier alpha value is -1.90. The molecule has 1 heterocycles. The van der Waals surface area contributed by atoms with Crippen LogP contribution >= 0.6 is 0 Å². The van der Waals surface area contributed by atoms with Crippen LogP contribution in [0.4, 0.5) is 0 Å². The Morgan fingerprint density at radius 3 is 2.56 bits per heavy atom. The van der Waals surface area contributed by atoms with Gasteiger partial charge in [0.2, 0.25) is 5.91 Å². The van der Waals surface area contributed by atoms with Crippen molar-refractivity contribution in [1.82, 2.24) is 4.90 Å². The van der Waals surface area contributed by atoms with E-state index in [1.165, 1.54) is 0 Å². The van der Waals surface area contributed by atoms with Crippen molar-refractivity contribution in [2.45, 2.75) is 25.4 Å². The Balaban J connectivity index is 2.40. The van der Waals surface area contributed by atoms with Crippen molar-refractivity contribution in [3.8, 4) is 12.3 Å². The molecule has 1 amide bonds. The van der Waals surface area contributed by atoms with Gasteiger partial charge in [-0.2, -0.15) is 10.2 Å². The molecule has 0 bridgehead atoms. The van der Waals surface area contributed by atoms with Crippen LogP contribution in [-0.2, 0) is 9.59 Å². The summed E-state index contributed by atoms with van der Waals surface area (Å²) in [6, 6.07) is 0. The summed E-state index contributed by atoms with van der Waals surface area (Å²) >= 11 is 0. The van der Waals surface area contributed by atoms with E-state index >= 15 is 0 Å². The van der Waals surface area contributed by atoms with E-state index in [1.807, 2.05) is 6.92 Å². The number of aliphatic carboxylic acids is 1. The van der Waals surface area contributed by atoms with E-state index in [9.17, 15) is 9.59 Å². The van der Waals surface area contributed by atoms with Crippen molar-refractivity contribution in [1.29, 1.82) is 0 Å². The first-order valence-electron chi connectivity index (χ1n) is 4.84. The maximum Gasteiger partial charge on any atom is 0.323 e. The van der Waals surface area contributed by atoms with Crippen molar-refractivity contribution in [2.75, 3.05) is 13.1 Å². The molecule has 16 heavy (non-hydrogen) atoms. The second-order valence-corrected chi connectivity index (χ2v) is 3.76. The first kappa shape index (κ1) is 12.2. The lowest BCUT2D eigenvalue weighted by atomic mass is 10.1. The topological polar surface area (TPSA) is 82.3 Å². The van der Waals surface area contributed by atoms with Crippen molar-refractivity contribution < 1.29 is 14.7 Å². The Kier molecular flexibility index (Phi) is 3.61. The predicted octanol–water partition coefficient (Wildman–Crippen LogP) is 0.495. The summed E-state index contributed by atoms with van der Waals surface area (Å²) in [4.78, 5) is 23.3. The molecule has 0 aromatic rings. The highest BCUT2D eigenvalue weighted by Gasteiger charge is 2.34. The third-order valence-electron chi connectivity index (χ3n) is 2.21. The molecule has 0 aromatic heterocycles. The zero-order chi connectivity index (χ0) is 12.2. The molecule has 6 nitrogen and oxygen atoms in total. The van der Waals surface area contributed by atoms with E-state index in [2.05, 4.69) is 16.1 Å². The average Bonchev–Trinajstić information content (AvgIpc) is 2.92. The van der Waals surface area contributed by atoms with Crippen LogP contribution in [0.1, 0.15) is 19.8 Å². The molecule has 1 rings (SSSR count). The average molecular weight is 223 g/mol. The summed E-state index contributed by atoms with van der Waals surface area (Å²) in [7, 11) is 0.